The molecule has 0 radical (unpaired) electrons. The maximum Gasteiger partial charge on any atom is 0.422 e. The van der Waals surface area contributed by atoms with Gasteiger partial charge in [0.25, 0.3) is 0 Å². The van der Waals surface area contributed by atoms with Crippen LogP contribution in [0.25, 0.3) is 0 Å². The Morgan fingerprint density at radius 3 is 1.94 bits per heavy atom. The zero-order chi connectivity index (χ0) is 51.0. The molecule has 0 aromatic heterocycles. The molecule has 1 aromatic carbocycles. The summed E-state index contributed by atoms with van der Waals surface area (Å²) in [4.78, 5) is 13.6. The van der Waals surface area contributed by atoms with Crippen LogP contribution in [0.5, 0.6) is 0 Å². The van der Waals surface area contributed by atoms with Gasteiger partial charge in [0.05, 0.1) is 23.7 Å². The summed E-state index contributed by atoms with van der Waals surface area (Å²) in [6.45, 7) is 41.7. The highest BCUT2D eigenvalue weighted by molar-refractivity contribution is 5.30. The van der Waals surface area contributed by atoms with E-state index in [1.165, 1.54) is 12.8 Å². The Kier molecular flexibility index (Phi) is 19.8. The highest BCUT2D eigenvalue weighted by atomic mass is 19.4. The van der Waals surface area contributed by atoms with Crippen LogP contribution in [-0.2, 0) is 12.6 Å². The van der Waals surface area contributed by atoms with Gasteiger partial charge in [0.15, 0.2) is 0 Å². The van der Waals surface area contributed by atoms with E-state index in [1.54, 1.807) is 0 Å². The number of rotatable bonds is 27. The molecule has 2 aliphatic carbocycles. The van der Waals surface area contributed by atoms with E-state index >= 15 is 0 Å². The number of likely N-dealkylation sites (N-methyl/N-ethyl adjacent to an activating group) is 3. The fourth-order valence-corrected chi connectivity index (χ4v) is 11.0. The smallest absolute Gasteiger partial charge is 0.380 e. The number of nitrogens with one attached hydrogen (secondary N) is 1. The van der Waals surface area contributed by atoms with E-state index in [4.69, 9.17) is 18.9 Å². The van der Waals surface area contributed by atoms with Crippen molar-refractivity contribution in [3.63, 3.8) is 0 Å². The minimum Gasteiger partial charge on any atom is -0.380 e. The molecule has 1 aromatic rings. The van der Waals surface area contributed by atoms with Crippen LogP contribution in [0.3, 0.4) is 0 Å². The Morgan fingerprint density at radius 1 is 0.824 bits per heavy atom. The average Bonchev–Trinajstić information content (AvgIpc) is 4.10. The van der Waals surface area contributed by atoms with Gasteiger partial charge >= 0.3 is 6.18 Å². The summed E-state index contributed by atoms with van der Waals surface area (Å²) < 4.78 is 68.3. The summed E-state index contributed by atoms with van der Waals surface area (Å²) in [5, 5.41) is 3.96. The number of hydrogen-bond acceptors (Lipinski definition) is 8. The summed E-state index contributed by atoms with van der Waals surface area (Å²) in [7, 11) is 12.7. The number of likely N-dealkylation sites (tertiary alicyclic amines) is 1. The van der Waals surface area contributed by atoms with Crippen molar-refractivity contribution in [3.05, 3.63) is 121 Å². The number of halogens is 5. The lowest BCUT2D eigenvalue weighted by Gasteiger charge is -2.48. The second kappa shape index (κ2) is 24.0. The fraction of sp³-hybridized carbons (Fsp3) is 0.636. The normalized spacial score (nSPS) is 19.4. The molecule has 8 nitrogen and oxygen atoms in total. The monoisotopic (exact) mass is 955 g/mol. The number of hydrogen-bond donors (Lipinski definition) is 2. The van der Waals surface area contributed by atoms with E-state index in [0.29, 0.717) is 30.5 Å². The summed E-state index contributed by atoms with van der Waals surface area (Å²) in [5.74, 6) is -2.12. The molecule has 68 heavy (non-hydrogen) atoms. The first-order valence-electron chi connectivity index (χ1n) is 25.0. The molecule has 382 valence electrons. The van der Waals surface area contributed by atoms with Gasteiger partial charge in [0, 0.05) is 120 Å². The van der Waals surface area contributed by atoms with E-state index in [9.17, 15) is 22.0 Å². The molecule has 3 aliphatic rings. The second-order valence-electron chi connectivity index (χ2n) is 20.6. The van der Waals surface area contributed by atoms with E-state index in [-0.39, 0.29) is 42.4 Å². The van der Waals surface area contributed by atoms with Gasteiger partial charge in [-0.25, -0.2) is 8.78 Å². The first-order chi connectivity index (χ1) is 31.8. The van der Waals surface area contributed by atoms with Crippen LogP contribution in [0.4, 0.5) is 22.0 Å². The molecular formula is C55H87F5N8. The zero-order valence-corrected chi connectivity index (χ0v) is 43.3. The molecule has 1 heterocycles. The highest BCUT2D eigenvalue weighted by Crippen LogP contribution is 2.43. The van der Waals surface area contributed by atoms with Crippen LogP contribution in [0.2, 0.25) is 0 Å². The molecular weight excluding hydrogens is 868 g/mol. The van der Waals surface area contributed by atoms with Crippen molar-refractivity contribution in [1.82, 2.24) is 34.7 Å². The number of benzene rings is 1. The molecule has 1 saturated heterocycles. The molecule has 4 rings (SSSR count). The SMILES string of the molecule is C=C(NC1(C(=C)N(C)C(C(=C)N(C)C(CC(=C)N(C)CC(C(=C)N(C)CC)C(C)CC)C(=C)N(C)C)C2CCCC2)CCCC1)C1CCCN1C(=C)C(N)CCc1cc(F)c(C(F)(F)F)c(F)c1. The predicted molar refractivity (Wildman–Crippen MR) is 273 cm³/mol. The molecule has 3 fully saturated rings. The lowest BCUT2D eigenvalue weighted by molar-refractivity contribution is -0.142. The van der Waals surface area contributed by atoms with Crippen LogP contribution in [0.1, 0.15) is 115 Å². The first-order valence-corrected chi connectivity index (χ1v) is 25.0. The van der Waals surface area contributed by atoms with Crippen molar-refractivity contribution in [3.8, 4) is 0 Å². The third kappa shape index (κ3) is 13.1. The largest absolute Gasteiger partial charge is 0.422 e. The van der Waals surface area contributed by atoms with Gasteiger partial charge in [0.1, 0.15) is 17.2 Å². The molecule has 0 spiro atoms. The van der Waals surface area contributed by atoms with Gasteiger partial charge in [-0.05, 0) is 87.8 Å². The van der Waals surface area contributed by atoms with Crippen molar-refractivity contribution in [1.29, 1.82) is 0 Å². The molecule has 2 saturated carbocycles. The van der Waals surface area contributed by atoms with Crippen LogP contribution < -0.4 is 11.1 Å². The molecule has 3 N–H and O–H groups in total. The lowest BCUT2D eigenvalue weighted by atomic mass is 9.87. The zero-order valence-electron chi connectivity index (χ0n) is 43.3. The molecule has 0 amide bonds. The molecule has 13 heteroatoms. The number of aryl methyl sites for hydroxylation is 1. The number of nitrogens with zero attached hydrogens (tertiary/aromatic N) is 6. The van der Waals surface area contributed by atoms with Crippen molar-refractivity contribution >= 4 is 0 Å². The van der Waals surface area contributed by atoms with Gasteiger partial charge in [-0.1, -0.05) is 92.0 Å². The minimum absolute atomic E-state index is 0.0129. The summed E-state index contributed by atoms with van der Waals surface area (Å²) >= 11 is 0. The quantitative estimate of drug-likeness (QED) is 0.0846. The predicted octanol–water partition coefficient (Wildman–Crippen LogP) is 11.5. The van der Waals surface area contributed by atoms with E-state index in [2.05, 4.69) is 131 Å². The van der Waals surface area contributed by atoms with Crippen molar-refractivity contribution in [2.45, 2.75) is 147 Å². The fourth-order valence-electron chi connectivity index (χ4n) is 11.0. The Hall–Kier alpha value is -4.39. The highest BCUT2D eigenvalue weighted by Gasteiger charge is 2.45. The summed E-state index contributed by atoms with van der Waals surface area (Å²) in [6.07, 6.45) is 7.10. The molecule has 1 aliphatic heterocycles. The molecule has 6 atom stereocenters. The summed E-state index contributed by atoms with van der Waals surface area (Å²) in [5.41, 5.74) is 11.2. The van der Waals surface area contributed by atoms with Crippen LogP contribution in [0, 0.1) is 29.4 Å². The number of nitrogens with two attached hydrogens (primary N) is 1. The Labute approximate surface area is 408 Å². The van der Waals surface area contributed by atoms with Gasteiger partial charge in [-0.2, -0.15) is 13.2 Å². The third-order valence-electron chi connectivity index (χ3n) is 16.1. The Morgan fingerprint density at radius 2 is 1.41 bits per heavy atom. The van der Waals surface area contributed by atoms with Crippen LogP contribution in [-0.4, -0.2) is 121 Å². The lowest BCUT2D eigenvalue weighted by Crippen LogP contribution is -2.55. The van der Waals surface area contributed by atoms with Crippen molar-refractivity contribution in [2.24, 2.45) is 23.5 Å². The number of alkyl halides is 3. The maximum atomic E-state index is 14.4. The standard InChI is InChI=1S/C55H87F5N8/c1-17-36(3)46(39(6)64(13)18-2)35-65(14)37(4)32-51(41(8)63(11)12)66(15)42(9)53(45-24-19-20-25-45)67(16)43(10)54(29-21-22-30-54)62-38(5)50-26-23-31-68(50)40(7)49(61)28-27-44-33-47(56)52(48(57)34-44)55(58,59)60/h33-34,36,45-46,49-51,53,62H,4-10,17-32,35,61H2,1-3,11-16H3. The van der Waals surface area contributed by atoms with Crippen LogP contribution in [0.15, 0.2) is 98.1 Å². The summed E-state index contributed by atoms with van der Waals surface area (Å²) in [6, 6.07) is 0.686. The van der Waals surface area contributed by atoms with Crippen molar-refractivity contribution in [2.75, 3.05) is 61.9 Å². The van der Waals surface area contributed by atoms with Gasteiger partial charge in [0.2, 0.25) is 0 Å². The van der Waals surface area contributed by atoms with Gasteiger partial charge < -0.3 is 40.4 Å². The van der Waals surface area contributed by atoms with Gasteiger partial charge in [-0.15, -0.1) is 0 Å². The molecule has 0 bridgehead atoms. The van der Waals surface area contributed by atoms with Crippen molar-refractivity contribution < 1.29 is 22.0 Å². The van der Waals surface area contributed by atoms with E-state index in [0.717, 1.165) is 117 Å². The van der Waals surface area contributed by atoms with E-state index < -0.39 is 35.0 Å². The topological polar surface area (TPSA) is 57.5 Å². The second-order valence-corrected chi connectivity index (χ2v) is 20.6. The average molecular weight is 955 g/mol. The first kappa shape index (κ1) is 56.2. The Bertz CT molecular complexity index is 1940. The Balaban J connectivity index is 1.53. The van der Waals surface area contributed by atoms with Gasteiger partial charge in [-0.3, -0.25) is 0 Å². The van der Waals surface area contributed by atoms with Crippen LogP contribution >= 0.6 is 0 Å². The third-order valence-corrected chi connectivity index (χ3v) is 16.1. The molecule has 6 unspecified atom stereocenters. The maximum absolute atomic E-state index is 14.4. The van der Waals surface area contributed by atoms with E-state index in [1.807, 2.05) is 0 Å². The minimum atomic E-state index is -5.13.